The van der Waals surface area contributed by atoms with Crippen LogP contribution in [0.15, 0.2) is 133 Å². The molecule has 3 N–H and O–H groups in total. The lowest BCUT2D eigenvalue weighted by Gasteiger charge is -2.48. The molecule has 0 bridgehead atoms. The molecule has 1 unspecified atom stereocenters. The number of nitrogens with zero attached hydrogens (tertiary/aromatic N) is 1. The van der Waals surface area contributed by atoms with Crippen LogP contribution in [0.1, 0.15) is 35.1 Å². The zero-order valence-electron chi connectivity index (χ0n) is 21.9. The first-order chi connectivity index (χ1) is 19.6. The van der Waals surface area contributed by atoms with Gasteiger partial charge in [-0.3, -0.25) is 10.1 Å². The Kier molecular flexibility index (Phi) is 8.11. The van der Waals surface area contributed by atoms with E-state index in [4.69, 9.17) is 4.74 Å². The lowest BCUT2D eigenvalue weighted by Crippen LogP contribution is -2.59. The first-order valence-corrected chi connectivity index (χ1v) is 13.2. The minimum absolute atomic E-state index is 0.0658. The van der Waals surface area contributed by atoms with E-state index in [0.717, 1.165) is 28.0 Å². The quantitative estimate of drug-likeness (QED) is 0.223. The number of benzene rings is 4. The van der Waals surface area contributed by atoms with Crippen LogP contribution in [0.5, 0.6) is 0 Å². The van der Waals surface area contributed by atoms with Crippen LogP contribution in [0.4, 0.5) is 4.79 Å². The van der Waals surface area contributed by atoms with Crippen LogP contribution in [0, 0.1) is 0 Å². The number of carboxylic acids is 1. The number of carboxylic acid groups (broad SMARTS) is 1. The van der Waals surface area contributed by atoms with Gasteiger partial charge in [0, 0.05) is 11.9 Å². The third-order valence-corrected chi connectivity index (χ3v) is 6.97. The number of alkyl carbamates (subject to hydrolysis) is 1. The van der Waals surface area contributed by atoms with Crippen molar-refractivity contribution in [2.45, 2.75) is 31.3 Å². The fourth-order valence-electron chi connectivity index (χ4n) is 5.26. The minimum Gasteiger partial charge on any atom is -0.481 e. The summed E-state index contributed by atoms with van der Waals surface area (Å²) in [6.45, 7) is 0.125. The molecule has 1 heterocycles. The predicted octanol–water partition coefficient (Wildman–Crippen LogP) is 5.80. The van der Waals surface area contributed by atoms with E-state index in [9.17, 15) is 14.7 Å². The average Bonchev–Trinajstić information content (AvgIpc) is 3.40. The number of carbonyl (C=O) groups is 2. The molecule has 1 amide bonds. The summed E-state index contributed by atoms with van der Waals surface area (Å²) in [5.74, 6) is -0.899. The van der Waals surface area contributed by atoms with Gasteiger partial charge in [0.25, 0.3) is 0 Å². The largest absolute Gasteiger partial charge is 0.481 e. The summed E-state index contributed by atoms with van der Waals surface area (Å²) in [6, 6.07) is 39.6. The van der Waals surface area contributed by atoms with Gasteiger partial charge in [-0.2, -0.15) is 0 Å². The van der Waals surface area contributed by atoms with E-state index in [2.05, 4.69) is 51.9 Å². The molecule has 7 heteroatoms. The number of nitrogens with one attached hydrogen (secondary N) is 2. The molecule has 0 radical (unpaired) electrons. The molecule has 0 saturated carbocycles. The van der Waals surface area contributed by atoms with Crippen LogP contribution in [-0.2, 0) is 21.7 Å². The van der Waals surface area contributed by atoms with E-state index in [-0.39, 0.29) is 19.4 Å². The Morgan fingerprint density at radius 2 is 1.25 bits per heavy atom. The third-order valence-electron chi connectivity index (χ3n) is 6.97. The molecule has 0 aromatic heterocycles. The maximum absolute atomic E-state index is 13.1. The Hall–Kier alpha value is -5.04. The lowest BCUT2D eigenvalue weighted by molar-refractivity contribution is -0.137. The second kappa shape index (κ2) is 12.2. The number of aliphatic carboxylic acids is 1. The van der Waals surface area contributed by atoms with Crippen molar-refractivity contribution in [3.63, 3.8) is 0 Å². The fourth-order valence-corrected chi connectivity index (χ4v) is 5.26. The Labute approximate surface area is 233 Å². The van der Waals surface area contributed by atoms with Gasteiger partial charge in [0.05, 0.1) is 6.42 Å². The highest BCUT2D eigenvalue weighted by molar-refractivity contribution is 5.68. The number of ether oxygens (including phenoxy) is 1. The summed E-state index contributed by atoms with van der Waals surface area (Å²) < 4.78 is 5.57. The van der Waals surface area contributed by atoms with Gasteiger partial charge in [-0.15, -0.1) is 0 Å². The van der Waals surface area contributed by atoms with Crippen LogP contribution in [-0.4, -0.2) is 28.4 Å². The average molecular weight is 534 g/mol. The number of carbonyl (C=O) groups excluding carboxylic acids is 1. The van der Waals surface area contributed by atoms with Crippen LogP contribution >= 0.6 is 0 Å². The minimum atomic E-state index is -0.922. The standard InChI is InChI=1S/C33H31N3O4/c37-30(38)22-21-29-23-34-31(35-32(39)40-24-25-13-5-1-6-14-25)36(29)33(26-15-7-2-8-16-26,27-17-9-3-10-18-27)28-19-11-4-12-20-28/h1-20,23,31,34H,21-22,24H2,(H,35,39)(H,37,38). The van der Waals surface area contributed by atoms with Crippen molar-refractivity contribution in [1.82, 2.24) is 15.5 Å². The molecule has 7 nitrogen and oxygen atoms in total. The Morgan fingerprint density at radius 1 is 0.775 bits per heavy atom. The van der Waals surface area contributed by atoms with Gasteiger partial charge in [-0.1, -0.05) is 121 Å². The van der Waals surface area contributed by atoms with Crippen molar-refractivity contribution >= 4 is 12.1 Å². The van der Waals surface area contributed by atoms with E-state index in [1.807, 2.05) is 84.9 Å². The SMILES string of the molecule is O=C(O)CCC1=CNC(NC(=O)OCc2ccccc2)N1C(c1ccccc1)(c1ccccc1)c1ccccc1. The first-order valence-electron chi connectivity index (χ1n) is 13.2. The van der Waals surface area contributed by atoms with E-state index in [0.29, 0.717) is 0 Å². The van der Waals surface area contributed by atoms with E-state index >= 15 is 0 Å². The molecule has 0 spiro atoms. The smallest absolute Gasteiger partial charge is 0.410 e. The molecule has 202 valence electrons. The fraction of sp³-hybridized carbons (Fsp3) is 0.152. The van der Waals surface area contributed by atoms with Crippen molar-refractivity contribution in [1.29, 1.82) is 0 Å². The summed E-state index contributed by atoms with van der Waals surface area (Å²) in [4.78, 5) is 26.8. The van der Waals surface area contributed by atoms with Gasteiger partial charge in [0.2, 0.25) is 0 Å². The molecular formula is C33H31N3O4. The van der Waals surface area contributed by atoms with Crippen LogP contribution in [0.25, 0.3) is 0 Å². The van der Waals surface area contributed by atoms with Crippen LogP contribution in [0.3, 0.4) is 0 Å². The van der Waals surface area contributed by atoms with Crippen molar-refractivity contribution in [3.05, 3.63) is 155 Å². The Bertz CT molecular complexity index is 1350. The van der Waals surface area contributed by atoms with Crippen molar-refractivity contribution < 1.29 is 19.4 Å². The third kappa shape index (κ3) is 5.54. The topological polar surface area (TPSA) is 90.9 Å². The van der Waals surface area contributed by atoms with Gasteiger partial charge in [0.15, 0.2) is 6.29 Å². The highest BCUT2D eigenvalue weighted by Gasteiger charge is 2.48. The summed E-state index contributed by atoms with van der Waals surface area (Å²) in [5, 5.41) is 15.8. The highest BCUT2D eigenvalue weighted by atomic mass is 16.5. The second-order valence-electron chi connectivity index (χ2n) is 9.48. The van der Waals surface area contributed by atoms with Gasteiger partial charge in [-0.05, 0) is 28.7 Å². The molecule has 1 aliphatic heterocycles. The zero-order valence-corrected chi connectivity index (χ0v) is 21.9. The normalized spacial score (nSPS) is 14.7. The number of allylic oxidation sites excluding steroid dienone is 1. The molecule has 1 aliphatic rings. The zero-order chi connectivity index (χ0) is 27.8. The lowest BCUT2D eigenvalue weighted by atomic mass is 9.75. The number of rotatable bonds is 10. The maximum atomic E-state index is 13.1. The van der Waals surface area contributed by atoms with Gasteiger partial charge >= 0.3 is 12.1 Å². The summed E-state index contributed by atoms with van der Waals surface area (Å²) in [5.41, 5.74) is 3.58. The molecule has 1 atom stereocenters. The number of hydrogen-bond acceptors (Lipinski definition) is 5. The molecule has 0 aliphatic carbocycles. The predicted molar refractivity (Wildman–Crippen MR) is 153 cm³/mol. The molecule has 40 heavy (non-hydrogen) atoms. The molecule has 0 fully saturated rings. The van der Waals surface area contributed by atoms with Gasteiger partial charge < -0.3 is 20.1 Å². The number of amides is 1. The highest BCUT2D eigenvalue weighted by Crippen LogP contribution is 2.46. The monoisotopic (exact) mass is 533 g/mol. The van der Waals surface area contributed by atoms with E-state index in [1.165, 1.54) is 0 Å². The van der Waals surface area contributed by atoms with E-state index in [1.54, 1.807) is 6.20 Å². The van der Waals surface area contributed by atoms with Crippen molar-refractivity contribution in [2.24, 2.45) is 0 Å². The summed E-state index contributed by atoms with van der Waals surface area (Å²) >= 11 is 0. The van der Waals surface area contributed by atoms with E-state index < -0.39 is 23.9 Å². The summed E-state index contributed by atoms with van der Waals surface area (Å²) in [7, 11) is 0. The molecule has 4 aromatic carbocycles. The van der Waals surface area contributed by atoms with Gasteiger partial charge in [-0.25, -0.2) is 4.79 Å². The van der Waals surface area contributed by atoms with Crippen LogP contribution < -0.4 is 10.6 Å². The Morgan fingerprint density at radius 3 is 1.73 bits per heavy atom. The first kappa shape index (κ1) is 26.6. The molecule has 0 saturated heterocycles. The maximum Gasteiger partial charge on any atom is 0.410 e. The second-order valence-corrected chi connectivity index (χ2v) is 9.48. The van der Waals surface area contributed by atoms with Crippen molar-refractivity contribution in [2.75, 3.05) is 0 Å². The van der Waals surface area contributed by atoms with Crippen molar-refractivity contribution in [3.8, 4) is 0 Å². The molecular weight excluding hydrogens is 502 g/mol. The van der Waals surface area contributed by atoms with Gasteiger partial charge in [0.1, 0.15) is 12.1 Å². The van der Waals surface area contributed by atoms with Crippen LogP contribution in [0.2, 0.25) is 0 Å². The summed E-state index contributed by atoms with van der Waals surface area (Å²) in [6.07, 6.45) is 0.654. The Balaban J connectivity index is 1.61. The molecule has 5 rings (SSSR count). The number of hydrogen-bond donors (Lipinski definition) is 3. The molecule has 4 aromatic rings.